The van der Waals surface area contributed by atoms with Crippen LogP contribution in [0.3, 0.4) is 0 Å². The Labute approximate surface area is 114 Å². The highest BCUT2D eigenvalue weighted by atomic mass is 32.1. The molecule has 0 radical (unpaired) electrons. The van der Waals surface area contributed by atoms with Gasteiger partial charge >= 0.3 is 5.97 Å². The molecule has 3 rings (SSSR count). The number of benzene rings is 2. The molecule has 0 fully saturated rings. The first-order valence-corrected chi connectivity index (χ1v) is 6.42. The Morgan fingerprint density at radius 1 is 1.11 bits per heavy atom. The number of aromatic carboxylic acids is 1. The van der Waals surface area contributed by atoms with Gasteiger partial charge in [0.2, 0.25) is 0 Å². The van der Waals surface area contributed by atoms with Crippen LogP contribution in [0, 0.1) is 6.92 Å². The first kappa shape index (κ1) is 13.2. The van der Waals surface area contributed by atoms with Crippen molar-refractivity contribution in [3.8, 4) is 0 Å². The molecule has 0 atom stereocenters. The van der Waals surface area contributed by atoms with E-state index in [1.54, 1.807) is 30.3 Å². The van der Waals surface area contributed by atoms with Gasteiger partial charge in [-0.05, 0) is 42.2 Å². The van der Waals surface area contributed by atoms with Gasteiger partial charge in [-0.1, -0.05) is 34.8 Å². The second-order valence-corrected chi connectivity index (χ2v) is 4.65. The third-order valence-corrected chi connectivity index (χ3v) is 3.19. The Hall–Kier alpha value is -2.27. The summed E-state index contributed by atoms with van der Waals surface area (Å²) in [6.07, 6.45) is 0. The van der Waals surface area contributed by atoms with Crippen molar-refractivity contribution in [3.05, 3.63) is 59.7 Å². The molecule has 0 bridgehead atoms. The fourth-order valence-corrected chi connectivity index (χ4v) is 2.16. The molecule has 0 amide bonds. The second kappa shape index (κ2) is 6.06. The summed E-state index contributed by atoms with van der Waals surface area (Å²) in [6.45, 7) is 2.05. The molecule has 1 aromatic heterocycles. The number of carboxylic acids is 1. The third kappa shape index (κ3) is 3.35. The molecule has 0 aliphatic carbocycles. The van der Waals surface area contributed by atoms with Crippen LogP contribution in [0.2, 0.25) is 0 Å². The lowest BCUT2D eigenvalue weighted by Gasteiger charge is -1.88. The number of fused-ring (bicyclic) bond motifs is 1. The van der Waals surface area contributed by atoms with Crippen molar-refractivity contribution in [1.82, 2.24) is 9.59 Å². The van der Waals surface area contributed by atoms with Crippen LogP contribution in [0.15, 0.2) is 48.5 Å². The molecule has 3 aromatic rings. The lowest BCUT2D eigenvalue weighted by molar-refractivity contribution is 0.0697. The average Bonchev–Trinajstić information content (AvgIpc) is 2.90. The van der Waals surface area contributed by atoms with Crippen LogP contribution in [0.25, 0.3) is 10.2 Å². The normalized spacial score (nSPS) is 9.74. The molecule has 0 spiro atoms. The Bertz CT molecular complexity index is 680. The zero-order valence-corrected chi connectivity index (χ0v) is 11.1. The van der Waals surface area contributed by atoms with Crippen molar-refractivity contribution in [3.63, 3.8) is 0 Å². The molecule has 2 aromatic carbocycles. The molecular formula is C14H12N2O2S. The van der Waals surface area contributed by atoms with Crippen molar-refractivity contribution in [2.24, 2.45) is 0 Å². The van der Waals surface area contributed by atoms with Crippen LogP contribution in [-0.4, -0.2) is 20.7 Å². The van der Waals surface area contributed by atoms with Crippen molar-refractivity contribution >= 4 is 27.7 Å². The van der Waals surface area contributed by atoms with Crippen LogP contribution < -0.4 is 0 Å². The van der Waals surface area contributed by atoms with Gasteiger partial charge in [0, 0.05) is 0 Å². The van der Waals surface area contributed by atoms with Crippen LogP contribution in [0.4, 0.5) is 0 Å². The summed E-state index contributed by atoms with van der Waals surface area (Å²) in [5.41, 5.74) is 2.57. The van der Waals surface area contributed by atoms with E-state index in [4.69, 9.17) is 5.11 Å². The van der Waals surface area contributed by atoms with Crippen LogP contribution in [0.1, 0.15) is 15.9 Å². The minimum Gasteiger partial charge on any atom is -0.478 e. The van der Waals surface area contributed by atoms with Gasteiger partial charge in [0.25, 0.3) is 0 Å². The summed E-state index contributed by atoms with van der Waals surface area (Å²) < 4.78 is 5.02. The zero-order valence-electron chi connectivity index (χ0n) is 10.3. The van der Waals surface area contributed by atoms with Crippen molar-refractivity contribution in [1.29, 1.82) is 0 Å². The molecule has 1 N–H and O–H groups in total. The lowest BCUT2D eigenvalue weighted by Crippen LogP contribution is -1.93. The minimum absolute atomic E-state index is 0.331. The minimum atomic E-state index is -0.879. The lowest BCUT2D eigenvalue weighted by atomic mass is 10.2. The van der Waals surface area contributed by atoms with Crippen LogP contribution >= 0.6 is 11.5 Å². The number of nitrogens with zero attached hydrogens (tertiary/aromatic N) is 2. The van der Waals surface area contributed by atoms with E-state index in [9.17, 15) is 4.79 Å². The molecule has 96 valence electrons. The fraction of sp³-hybridized carbons (Fsp3) is 0.0714. The maximum Gasteiger partial charge on any atom is 0.335 e. The number of carbonyl (C=O) groups is 1. The van der Waals surface area contributed by atoms with E-state index in [2.05, 4.69) is 9.59 Å². The maximum absolute atomic E-state index is 10.2. The molecule has 0 saturated carbocycles. The standard InChI is InChI=1S/C7H6N2S.C7H6O2/c1-5-3-2-4-6-7(5)8-9-10-6;8-7(9)6-4-2-1-3-5-6/h2-4H,1H3;1-5H,(H,8,9). The summed E-state index contributed by atoms with van der Waals surface area (Å²) in [6, 6.07) is 14.4. The van der Waals surface area contributed by atoms with Gasteiger partial charge in [0.05, 0.1) is 10.3 Å². The van der Waals surface area contributed by atoms with Gasteiger partial charge in [0.15, 0.2) is 0 Å². The molecule has 1 heterocycles. The summed E-state index contributed by atoms with van der Waals surface area (Å²) in [7, 11) is 0. The second-order valence-electron chi connectivity index (χ2n) is 3.87. The topological polar surface area (TPSA) is 63.1 Å². The van der Waals surface area contributed by atoms with Crippen molar-refractivity contribution in [2.75, 3.05) is 0 Å². The van der Waals surface area contributed by atoms with E-state index in [0.717, 1.165) is 5.52 Å². The highest BCUT2D eigenvalue weighted by Gasteiger charge is 1.98. The molecule has 5 heteroatoms. The Morgan fingerprint density at radius 3 is 2.42 bits per heavy atom. The molecule has 19 heavy (non-hydrogen) atoms. The Morgan fingerprint density at radius 2 is 1.84 bits per heavy atom. The molecule has 0 aliphatic rings. The first-order chi connectivity index (χ1) is 9.18. The number of rotatable bonds is 1. The average molecular weight is 272 g/mol. The van der Waals surface area contributed by atoms with Gasteiger partial charge in [0.1, 0.15) is 5.52 Å². The quantitative estimate of drug-likeness (QED) is 0.737. The van der Waals surface area contributed by atoms with Gasteiger partial charge < -0.3 is 5.11 Å². The molecule has 0 aliphatic heterocycles. The number of carboxylic acid groups (broad SMARTS) is 1. The summed E-state index contributed by atoms with van der Waals surface area (Å²) in [5.74, 6) is -0.879. The van der Waals surface area contributed by atoms with Crippen LogP contribution in [0.5, 0.6) is 0 Å². The Balaban J connectivity index is 0.000000141. The number of hydrogen-bond acceptors (Lipinski definition) is 4. The summed E-state index contributed by atoms with van der Waals surface area (Å²) in [4.78, 5) is 10.2. The van der Waals surface area contributed by atoms with Gasteiger partial charge in [-0.15, -0.1) is 5.10 Å². The van der Waals surface area contributed by atoms with E-state index in [1.807, 2.05) is 25.1 Å². The predicted octanol–water partition coefficient (Wildman–Crippen LogP) is 3.38. The summed E-state index contributed by atoms with van der Waals surface area (Å²) in [5, 5.41) is 12.4. The zero-order chi connectivity index (χ0) is 13.7. The fourth-order valence-electron chi connectivity index (χ4n) is 1.52. The van der Waals surface area contributed by atoms with Crippen molar-refractivity contribution < 1.29 is 9.90 Å². The molecule has 4 nitrogen and oxygen atoms in total. The molecule has 0 saturated heterocycles. The SMILES string of the molecule is Cc1cccc2snnc12.O=C(O)c1ccccc1. The van der Waals surface area contributed by atoms with Gasteiger partial charge in [-0.3, -0.25) is 0 Å². The van der Waals surface area contributed by atoms with Gasteiger partial charge in [-0.2, -0.15) is 0 Å². The number of aromatic nitrogens is 2. The highest BCUT2D eigenvalue weighted by molar-refractivity contribution is 7.12. The van der Waals surface area contributed by atoms with Crippen molar-refractivity contribution in [2.45, 2.75) is 6.92 Å². The first-order valence-electron chi connectivity index (χ1n) is 5.64. The largest absolute Gasteiger partial charge is 0.478 e. The molecular weight excluding hydrogens is 260 g/mol. The Kier molecular flexibility index (Phi) is 4.20. The predicted molar refractivity (Wildman–Crippen MR) is 75.6 cm³/mol. The smallest absolute Gasteiger partial charge is 0.335 e. The third-order valence-electron chi connectivity index (χ3n) is 2.50. The van der Waals surface area contributed by atoms with Crippen LogP contribution in [-0.2, 0) is 0 Å². The van der Waals surface area contributed by atoms with Gasteiger partial charge in [-0.25, -0.2) is 4.79 Å². The summed E-state index contributed by atoms with van der Waals surface area (Å²) >= 11 is 1.44. The number of aryl methyl sites for hydroxylation is 1. The monoisotopic (exact) mass is 272 g/mol. The maximum atomic E-state index is 10.2. The van der Waals surface area contributed by atoms with E-state index < -0.39 is 5.97 Å². The van der Waals surface area contributed by atoms with E-state index >= 15 is 0 Å². The van der Waals surface area contributed by atoms with E-state index in [0.29, 0.717) is 5.56 Å². The van der Waals surface area contributed by atoms with E-state index in [-0.39, 0.29) is 0 Å². The highest BCUT2D eigenvalue weighted by Crippen LogP contribution is 2.17. The number of hydrogen-bond donors (Lipinski definition) is 1. The molecule has 0 unspecified atom stereocenters. The van der Waals surface area contributed by atoms with E-state index in [1.165, 1.54) is 21.8 Å².